The van der Waals surface area contributed by atoms with E-state index in [0.717, 1.165) is 0 Å². The summed E-state index contributed by atoms with van der Waals surface area (Å²) in [5, 5.41) is 8.86. The molecule has 0 radical (unpaired) electrons. The Labute approximate surface area is 105 Å². The number of rotatable bonds is 6. The molecule has 0 heterocycles. The molecule has 1 aromatic rings. The first-order valence-corrected chi connectivity index (χ1v) is 5.31. The molecule has 0 aliphatic rings. The van der Waals surface area contributed by atoms with Crippen LogP contribution in [-0.2, 0) is 11.2 Å². The van der Waals surface area contributed by atoms with Crippen LogP contribution in [0.2, 0.25) is 0 Å². The van der Waals surface area contributed by atoms with Crippen LogP contribution >= 0.6 is 0 Å². The molecule has 0 spiro atoms. The van der Waals surface area contributed by atoms with Gasteiger partial charge in [0.15, 0.2) is 11.5 Å². The van der Waals surface area contributed by atoms with Crippen molar-refractivity contribution in [3.05, 3.63) is 17.7 Å². The smallest absolute Gasteiger partial charge is 0.320 e. The molecule has 6 nitrogen and oxygen atoms in total. The van der Waals surface area contributed by atoms with Crippen molar-refractivity contribution >= 4 is 5.97 Å². The van der Waals surface area contributed by atoms with Gasteiger partial charge in [0.05, 0.1) is 21.3 Å². The van der Waals surface area contributed by atoms with Gasteiger partial charge in [-0.3, -0.25) is 4.79 Å². The zero-order chi connectivity index (χ0) is 13.7. The van der Waals surface area contributed by atoms with Crippen molar-refractivity contribution in [2.45, 2.75) is 12.5 Å². The number of carbonyl (C=O) groups is 1. The van der Waals surface area contributed by atoms with Gasteiger partial charge in [-0.2, -0.15) is 0 Å². The minimum absolute atomic E-state index is 0.0961. The molecule has 0 fully saturated rings. The summed E-state index contributed by atoms with van der Waals surface area (Å²) in [5.74, 6) is 0.380. The Morgan fingerprint density at radius 2 is 1.78 bits per heavy atom. The van der Waals surface area contributed by atoms with E-state index in [-0.39, 0.29) is 6.42 Å². The Bertz CT molecular complexity index is 433. The SMILES string of the molecule is COc1ccc(OC)c(OC)c1CC(N)C(=O)O. The molecule has 1 aromatic carbocycles. The molecule has 0 amide bonds. The number of methoxy groups -OCH3 is 3. The van der Waals surface area contributed by atoms with Crippen LogP contribution in [0, 0.1) is 0 Å². The Kier molecular flexibility index (Phi) is 4.79. The third-order valence-corrected chi connectivity index (χ3v) is 2.57. The van der Waals surface area contributed by atoms with Crippen molar-refractivity contribution in [3.8, 4) is 17.2 Å². The Balaban J connectivity index is 3.23. The van der Waals surface area contributed by atoms with E-state index in [4.69, 9.17) is 25.1 Å². The van der Waals surface area contributed by atoms with E-state index in [0.29, 0.717) is 22.8 Å². The number of carboxylic acids is 1. The predicted octanol–water partition coefficient (Wildman–Crippen LogP) is 0.667. The van der Waals surface area contributed by atoms with Gasteiger partial charge in [0, 0.05) is 12.0 Å². The maximum Gasteiger partial charge on any atom is 0.320 e. The van der Waals surface area contributed by atoms with Crippen LogP contribution in [0.25, 0.3) is 0 Å². The second kappa shape index (κ2) is 6.11. The third kappa shape index (κ3) is 2.84. The molecule has 0 saturated carbocycles. The topological polar surface area (TPSA) is 91.0 Å². The van der Waals surface area contributed by atoms with E-state index in [1.165, 1.54) is 21.3 Å². The summed E-state index contributed by atoms with van der Waals surface area (Å²) in [6.45, 7) is 0. The maximum atomic E-state index is 10.8. The highest BCUT2D eigenvalue weighted by molar-refractivity contribution is 5.74. The molecule has 3 N–H and O–H groups in total. The average molecular weight is 255 g/mol. The van der Waals surface area contributed by atoms with Crippen LogP contribution in [-0.4, -0.2) is 38.4 Å². The fourth-order valence-corrected chi connectivity index (χ4v) is 1.66. The largest absolute Gasteiger partial charge is 0.496 e. The first-order valence-electron chi connectivity index (χ1n) is 5.31. The predicted molar refractivity (Wildman–Crippen MR) is 65.4 cm³/mol. The number of benzene rings is 1. The lowest BCUT2D eigenvalue weighted by Gasteiger charge is -2.17. The highest BCUT2D eigenvalue weighted by Gasteiger charge is 2.21. The lowest BCUT2D eigenvalue weighted by molar-refractivity contribution is -0.138. The van der Waals surface area contributed by atoms with Crippen LogP contribution < -0.4 is 19.9 Å². The number of aliphatic carboxylic acids is 1. The monoisotopic (exact) mass is 255 g/mol. The normalized spacial score (nSPS) is 11.8. The Morgan fingerprint density at radius 1 is 1.22 bits per heavy atom. The quantitative estimate of drug-likeness (QED) is 0.776. The van der Waals surface area contributed by atoms with Crippen molar-refractivity contribution in [1.29, 1.82) is 0 Å². The van der Waals surface area contributed by atoms with E-state index in [1.807, 2.05) is 0 Å². The van der Waals surface area contributed by atoms with Crippen molar-refractivity contribution in [2.75, 3.05) is 21.3 Å². The van der Waals surface area contributed by atoms with E-state index in [1.54, 1.807) is 12.1 Å². The van der Waals surface area contributed by atoms with Gasteiger partial charge in [0.1, 0.15) is 11.8 Å². The molecule has 0 bridgehead atoms. The minimum Gasteiger partial charge on any atom is -0.496 e. The van der Waals surface area contributed by atoms with Crippen LogP contribution in [0.3, 0.4) is 0 Å². The van der Waals surface area contributed by atoms with Crippen molar-refractivity contribution < 1.29 is 24.1 Å². The zero-order valence-electron chi connectivity index (χ0n) is 10.6. The molecular formula is C12H17NO5. The summed E-state index contributed by atoms with van der Waals surface area (Å²) < 4.78 is 15.6. The van der Waals surface area contributed by atoms with Crippen LogP contribution in [0.5, 0.6) is 17.2 Å². The first-order chi connectivity index (χ1) is 8.54. The highest BCUT2D eigenvalue weighted by Crippen LogP contribution is 2.37. The molecule has 6 heteroatoms. The molecule has 0 aliphatic carbocycles. The maximum absolute atomic E-state index is 10.8. The third-order valence-electron chi connectivity index (χ3n) is 2.57. The summed E-state index contributed by atoms with van der Waals surface area (Å²) in [7, 11) is 4.48. The van der Waals surface area contributed by atoms with Crippen LogP contribution in [0.4, 0.5) is 0 Å². The Hall–Kier alpha value is -1.95. The average Bonchev–Trinajstić information content (AvgIpc) is 2.37. The van der Waals surface area contributed by atoms with Crippen molar-refractivity contribution in [1.82, 2.24) is 0 Å². The zero-order valence-corrected chi connectivity index (χ0v) is 10.6. The molecule has 0 saturated heterocycles. The van der Waals surface area contributed by atoms with E-state index < -0.39 is 12.0 Å². The Morgan fingerprint density at radius 3 is 2.22 bits per heavy atom. The standard InChI is InChI=1S/C12H17NO5/c1-16-9-4-5-10(17-2)11(18-3)7(9)6-8(13)12(14)15/h4-5,8H,6,13H2,1-3H3,(H,14,15). The number of hydrogen-bond acceptors (Lipinski definition) is 5. The van der Waals surface area contributed by atoms with Crippen molar-refractivity contribution in [2.24, 2.45) is 5.73 Å². The van der Waals surface area contributed by atoms with Gasteiger partial charge in [-0.15, -0.1) is 0 Å². The van der Waals surface area contributed by atoms with Gasteiger partial charge in [0.2, 0.25) is 0 Å². The second-order valence-corrected chi connectivity index (χ2v) is 3.63. The van der Waals surface area contributed by atoms with Gasteiger partial charge in [-0.1, -0.05) is 0 Å². The second-order valence-electron chi connectivity index (χ2n) is 3.63. The van der Waals surface area contributed by atoms with E-state index in [9.17, 15) is 4.79 Å². The van der Waals surface area contributed by atoms with Gasteiger partial charge in [-0.05, 0) is 12.1 Å². The lowest BCUT2D eigenvalue weighted by Crippen LogP contribution is -2.32. The minimum atomic E-state index is -1.08. The fraction of sp³-hybridized carbons (Fsp3) is 0.417. The summed E-state index contributed by atoms with van der Waals surface area (Å²) >= 11 is 0. The van der Waals surface area contributed by atoms with Crippen molar-refractivity contribution in [3.63, 3.8) is 0 Å². The fourth-order valence-electron chi connectivity index (χ4n) is 1.66. The first kappa shape index (κ1) is 14.1. The number of hydrogen-bond donors (Lipinski definition) is 2. The molecular weight excluding hydrogens is 238 g/mol. The molecule has 100 valence electrons. The summed E-state index contributed by atoms with van der Waals surface area (Å²) in [5.41, 5.74) is 6.11. The number of ether oxygens (including phenoxy) is 3. The van der Waals surface area contributed by atoms with Gasteiger partial charge in [-0.25, -0.2) is 0 Å². The van der Waals surface area contributed by atoms with Crippen LogP contribution in [0.15, 0.2) is 12.1 Å². The van der Waals surface area contributed by atoms with Gasteiger partial charge < -0.3 is 25.1 Å². The van der Waals surface area contributed by atoms with Gasteiger partial charge in [0.25, 0.3) is 0 Å². The van der Waals surface area contributed by atoms with Crippen LogP contribution in [0.1, 0.15) is 5.56 Å². The van der Waals surface area contributed by atoms with E-state index in [2.05, 4.69) is 0 Å². The molecule has 1 unspecified atom stereocenters. The lowest BCUT2D eigenvalue weighted by atomic mass is 10.0. The molecule has 18 heavy (non-hydrogen) atoms. The summed E-state index contributed by atoms with van der Waals surface area (Å²) in [4.78, 5) is 10.8. The summed E-state index contributed by atoms with van der Waals surface area (Å²) in [6.07, 6.45) is 0.0961. The van der Waals surface area contributed by atoms with E-state index >= 15 is 0 Å². The molecule has 0 aromatic heterocycles. The molecule has 1 atom stereocenters. The highest BCUT2D eigenvalue weighted by atomic mass is 16.5. The number of nitrogens with two attached hydrogens (primary N) is 1. The summed E-state index contributed by atoms with van der Waals surface area (Å²) in [6, 6.07) is 2.35. The number of carboxylic acid groups (broad SMARTS) is 1. The molecule has 0 aliphatic heterocycles. The molecule has 1 rings (SSSR count). The van der Waals surface area contributed by atoms with Gasteiger partial charge >= 0.3 is 5.97 Å².